The first-order chi connectivity index (χ1) is 8.77. The molecular weight excluding hydrogens is 230 g/mol. The minimum Gasteiger partial charge on any atom is -0.398 e. The molecule has 18 heavy (non-hydrogen) atoms. The lowest BCUT2D eigenvalue weighted by Gasteiger charge is -2.26. The van der Waals surface area contributed by atoms with Crippen LogP contribution in [-0.4, -0.2) is 42.1 Å². The summed E-state index contributed by atoms with van der Waals surface area (Å²) in [4.78, 5) is 17.3. The second-order valence-electron chi connectivity index (χ2n) is 4.38. The normalized spacial score (nSPS) is 16.1. The second kappa shape index (κ2) is 4.34. The molecule has 94 valence electrons. The van der Waals surface area contributed by atoms with Gasteiger partial charge >= 0.3 is 0 Å². The van der Waals surface area contributed by atoms with Gasteiger partial charge in [0, 0.05) is 35.9 Å². The van der Waals surface area contributed by atoms with E-state index < -0.39 is 0 Å². The fraction of sp³-hybridized carbons (Fsp3) is 0.308. The molecule has 0 spiro atoms. The third-order valence-corrected chi connectivity index (χ3v) is 3.27. The van der Waals surface area contributed by atoms with Crippen molar-refractivity contribution in [3.05, 3.63) is 30.0 Å². The Morgan fingerprint density at radius 1 is 1.33 bits per heavy atom. The summed E-state index contributed by atoms with van der Waals surface area (Å²) in [7, 11) is 0. The number of rotatable bonds is 1. The molecule has 1 amide bonds. The maximum Gasteiger partial charge on any atom is 0.256 e. The van der Waals surface area contributed by atoms with Crippen molar-refractivity contribution in [1.82, 2.24) is 9.88 Å². The molecule has 0 atom stereocenters. The first-order valence-corrected chi connectivity index (χ1v) is 6.00. The van der Waals surface area contributed by atoms with Crippen LogP contribution in [0.2, 0.25) is 0 Å². The quantitative estimate of drug-likeness (QED) is 0.742. The van der Waals surface area contributed by atoms with Crippen molar-refractivity contribution in [2.24, 2.45) is 0 Å². The van der Waals surface area contributed by atoms with Gasteiger partial charge < -0.3 is 20.4 Å². The smallest absolute Gasteiger partial charge is 0.256 e. The molecule has 2 heterocycles. The van der Waals surface area contributed by atoms with E-state index in [1.807, 2.05) is 18.2 Å². The summed E-state index contributed by atoms with van der Waals surface area (Å²) in [6.07, 6.45) is 1.73. The number of aromatic nitrogens is 1. The van der Waals surface area contributed by atoms with Crippen molar-refractivity contribution in [3.63, 3.8) is 0 Å². The van der Waals surface area contributed by atoms with Gasteiger partial charge in [-0.2, -0.15) is 0 Å². The molecule has 1 aromatic heterocycles. The number of hydrogen-bond donors (Lipinski definition) is 2. The van der Waals surface area contributed by atoms with Gasteiger partial charge in [-0.3, -0.25) is 4.79 Å². The fourth-order valence-electron chi connectivity index (χ4n) is 2.32. The number of morpholine rings is 1. The van der Waals surface area contributed by atoms with Gasteiger partial charge in [-0.05, 0) is 12.1 Å². The Hall–Kier alpha value is -2.01. The Balaban J connectivity index is 2.01. The average Bonchev–Trinajstić information content (AvgIpc) is 2.84. The highest BCUT2D eigenvalue weighted by Gasteiger charge is 2.21. The van der Waals surface area contributed by atoms with Crippen molar-refractivity contribution in [1.29, 1.82) is 0 Å². The molecule has 0 aliphatic carbocycles. The van der Waals surface area contributed by atoms with E-state index in [1.165, 1.54) is 0 Å². The zero-order valence-corrected chi connectivity index (χ0v) is 9.98. The van der Waals surface area contributed by atoms with Crippen molar-refractivity contribution in [3.8, 4) is 0 Å². The highest BCUT2D eigenvalue weighted by molar-refractivity contribution is 6.10. The predicted molar refractivity (Wildman–Crippen MR) is 69.4 cm³/mol. The number of nitrogens with two attached hydrogens (primary N) is 1. The maximum absolute atomic E-state index is 12.4. The lowest BCUT2D eigenvalue weighted by Crippen LogP contribution is -2.40. The molecule has 1 saturated heterocycles. The average molecular weight is 245 g/mol. The molecule has 1 aromatic carbocycles. The third-order valence-electron chi connectivity index (χ3n) is 3.27. The number of fused-ring (bicyclic) bond motifs is 1. The monoisotopic (exact) mass is 245 g/mol. The van der Waals surface area contributed by atoms with Crippen LogP contribution in [0.4, 0.5) is 5.69 Å². The number of ether oxygens (including phenoxy) is 1. The van der Waals surface area contributed by atoms with Gasteiger partial charge in [-0.15, -0.1) is 0 Å². The number of nitrogens with zero attached hydrogens (tertiary/aromatic N) is 1. The van der Waals surface area contributed by atoms with Crippen LogP contribution in [-0.2, 0) is 4.74 Å². The van der Waals surface area contributed by atoms with Gasteiger partial charge in [0.05, 0.1) is 18.8 Å². The van der Waals surface area contributed by atoms with E-state index in [2.05, 4.69) is 4.98 Å². The Morgan fingerprint density at radius 2 is 2.11 bits per heavy atom. The van der Waals surface area contributed by atoms with Crippen LogP contribution < -0.4 is 5.73 Å². The molecule has 5 nitrogen and oxygen atoms in total. The summed E-state index contributed by atoms with van der Waals surface area (Å²) < 4.78 is 5.25. The topological polar surface area (TPSA) is 71.4 Å². The van der Waals surface area contributed by atoms with Crippen LogP contribution in [0, 0.1) is 0 Å². The third kappa shape index (κ3) is 1.73. The highest BCUT2D eigenvalue weighted by Crippen LogP contribution is 2.25. The van der Waals surface area contributed by atoms with E-state index in [0.29, 0.717) is 37.6 Å². The second-order valence-corrected chi connectivity index (χ2v) is 4.38. The number of nitrogen functional groups attached to an aromatic ring is 1. The van der Waals surface area contributed by atoms with Gasteiger partial charge in [0.1, 0.15) is 0 Å². The van der Waals surface area contributed by atoms with Crippen molar-refractivity contribution < 1.29 is 9.53 Å². The first-order valence-electron chi connectivity index (χ1n) is 6.00. The van der Waals surface area contributed by atoms with Crippen LogP contribution in [0.15, 0.2) is 24.4 Å². The standard InChI is InChI=1S/C13H15N3O2/c14-10-2-1-3-11-12(10)9(8-15-11)13(17)16-4-6-18-7-5-16/h1-3,8,15H,4-7,14H2. The molecule has 0 radical (unpaired) electrons. The highest BCUT2D eigenvalue weighted by atomic mass is 16.5. The summed E-state index contributed by atoms with van der Waals surface area (Å²) in [6.45, 7) is 2.48. The molecule has 3 rings (SSSR count). The van der Waals surface area contributed by atoms with Gasteiger partial charge in [0.25, 0.3) is 5.91 Å². The summed E-state index contributed by atoms with van der Waals surface area (Å²) in [5.41, 5.74) is 8.12. The Bertz CT molecular complexity index is 585. The van der Waals surface area contributed by atoms with Crippen LogP contribution >= 0.6 is 0 Å². The predicted octanol–water partition coefficient (Wildman–Crippen LogP) is 1.22. The Labute approximate surface area is 105 Å². The van der Waals surface area contributed by atoms with E-state index >= 15 is 0 Å². The number of H-pyrrole nitrogens is 1. The van der Waals surface area contributed by atoms with E-state index in [0.717, 1.165) is 10.9 Å². The SMILES string of the molecule is Nc1cccc2[nH]cc(C(=O)N3CCOCC3)c12. The van der Waals surface area contributed by atoms with Crippen LogP contribution in [0.5, 0.6) is 0 Å². The van der Waals surface area contributed by atoms with Crippen molar-refractivity contribution >= 4 is 22.5 Å². The zero-order chi connectivity index (χ0) is 12.5. The first kappa shape index (κ1) is 11.1. The fourth-order valence-corrected chi connectivity index (χ4v) is 2.32. The lowest BCUT2D eigenvalue weighted by atomic mass is 10.1. The minimum absolute atomic E-state index is 0.0162. The summed E-state index contributed by atoms with van der Waals surface area (Å²) in [5, 5.41) is 0.814. The molecule has 1 fully saturated rings. The van der Waals surface area contributed by atoms with Crippen LogP contribution in [0.1, 0.15) is 10.4 Å². The lowest BCUT2D eigenvalue weighted by molar-refractivity contribution is 0.0304. The van der Waals surface area contributed by atoms with Crippen molar-refractivity contribution in [2.75, 3.05) is 32.0 Å². The number of carbonyl (C=O) groups is 1. The summed E-state index contributed by atoms with van der Waals surface area (Å²) in [5.74, 6) is 0.0162. The molecule has 5 heteroatoms. The molecule has 2 aromatic rings. The summed E-state index contributed by atoms with van der Waals surface area (Å²) >= 11 is 0. The molecule has 0 bridgehead atoms. The van der Waals surface area contributed by atoms with E-state index in [-0.39, 0.29) is 5.91 Å². The maximum atomic E-state index is 12.4. The zero-order valence-electron chi connectivity index (χ0n) is 9.98. The number of anilines is 1. The number of benzene rings is 1. The van der Waals surface area contributed by atoms with Crippen LogP contribution in [0.3, 0.4) is 0 Å². The van der Waals surface area contributed by atoms with Gasteiger partial charge in [-0.25, -0.2) is 0 Å². The number of aromatic amines is 1. The summed E-state index contributed by atoms with van der Waals surface area (Å²) in [6, 6.07) is 5.60. The largest absolute Gasteiger partial charge is 0.398 e. The van der Waals surface area contributed by atoms with E-state index in [4.69, 9.17) is 10.5 Å². The number of nitrogens with one attached hydrogen (secondary N) is 1. The minimum atomic E-state index is 0.0162. The molecule has 1 aliphatic heterocycles. The van der Waals surface area contributed by atoms with Crippen molar-refractivity contribution in [2.45, 2.75) is 0 Å². The number of carbonyl (C=O) groups excluding carboxylic acids is 1. The Morgan fingerprint density at radius 3 is 2.89 bits per heavy atom. The van der Waals surface area contributed by atoms with E-state index in [1.54, 1.807) is 11.1 Å². The van der Waals surface area contributed by atoms with Gasteiger partial charge in [0.2, 0.25) is 0 Å². The molecule has 0 unspecified atom stereocenters. The molecule has 1 aliphatic rings. The van der Waals surface area contributed by atoms with Crippen LogP contribution in [0.25, 0.3) is 10.9 Å². The van der Waals surface area contributed by atoms with Gasteiger partial charge in [-0.1, -0.05) is 6.07 Å². The Kier molecular flexibility index (Phi) is 2.68. The molecule has 3 N–H and O–H groups in total. The van der Waals surface area contributed by atoms with Gasteiger partial charge in [0.15, 0.2) is 0 Å². The number of hydrogen-bond acceptors (Lipinski definition) is 3. The molecule has 0 saturated carbocycles. The molecular formula is C13H15N3O2. The number of amides is 1. The van der Waals surface area contributed by atoms with E-state index in [9.17, 15) is 4.79 Å².